The smallest absolute Gasteiger partial charge is 0.404 e. The summed E-state index contributed by atoms with van der Waals surface area (Å²) in [6, 6.07) is 5.55. The van der Waals surface area contributed by atoms with Gasteiger partial charge in [0.25, 0.3) is 11.3 Å². The van der Waals surface area contributed by atoms with Gasteiger partial charge in [0.2, 0.25) is 0 Å². The number of nitrogens with zero attached hydrogens (tertiary/aromatic N) is 1. The Morgan fingerprint density at radius 2 is 2.08 bits per heavy atom. The van der Waals surface area contributed by atoms with Crippen molar-refractivity contribution in [2.24, 2.45) is 5.73 Å². The van der Waals surface area contributed by atoms with Gasteiger partial charge in [-0.2, -0.15) is 0 Å². The van der Waals surface area contributed by atoms with E-state index in [9.17, 15) is 13.6 Å². The van der Waals surface area contributed by atoms with Crippen molar-refractivity contribution < 1.29 is 18.3 Å². The van der Waals surface area contributed by atoms with Gasteiger partial charge in [0.1, 0.15) is 6.61 Å². The fourth-order valence-corrected chi connectivity index (χ4v) is 3.35. The Morgan fingerprint density at radius 1 is 1.38 bits per heavy atom. The van der Waals surface area contributed by atoms with Crippen LogP contribution < -0.4 is 21.1 Å². The Kier molecular flexibility index (Phi) is 6.68. The Balaban J connectivity index is 2.04. The highest BCUT2D eigenvalue weighted by molar-refractivity contribution is 7.80. The standard InChI is InChI=1S/C15H24N4O4S/c16-13-10-12(19(24(21)22)8-9-23-15(17)20)6-7-14(13)18-11-4-2-1-3-5-11/h6-7,10-11,18H,1-5,8-9,16H2,(H2,17,20)(H,21,22). The number of hydrogen-bond donors (Lipinski definition) is 4. The van der Waals surface area contributed by atoms with E-state index in [1.165, 1.54) is 23.6 Å². The molecule has 1 aliphatic rings. The summed E-state index contributed by atoms with van der Waals surface area (Å²) in [4.78, 5) is 10.6. The molecule has 6 N–H and O–H groups in total. The highest BCUT2D eigenvalue weighted by atomic mass is 32.2. The number of primary amides is 1. The third-order valence-corrected chi connectivity index (χ3v) is 4.79. The van der Waals surface area contributed by atoms with Crippen molar-refractivity contribution in [3.05, 3.63) is 18.2 Å². The van der Waals surface area contributed by atoms with Crippen molar-refractivity contribution in [2.45, 2.75) is 38.1 Å². The van der Waals surface area contributed by atoms with Gasteiger partial charge in [-0.1, -0.05) is 19.3 Å². The normalized spacial score (nSPS) is 16.4. The number of nitrogens with two attached hydrogens (primary N) is 2. The fourth-order valence-electron chi connectivity index (χ4n) is 2.83. The number of anilines is 3. The topological polar surface area (TPSA) is 131 Å². The lowest BCUT2D eigenvalue weighted by atomic mass is 9.95. The van der Waals surface area contributed by atoms with Gasteiger partial charge < -0.3 is 21.5 Å². The average Bonchev–Trinajstić information content (AvgIpc) is 2.54. The maximum Gasteiger partial charge on any atom is 0.404 e. The molecule has 8 nitrogen and oxygen atoms in total. The second-order valence-electron chi connectivity index (χ2n) is 5.75. The number of nitrogens with one attached hydrogen (secondary N) is 1. The number of amides is 1. The number of carbonyl (C=O) groups is 1. The zero-order valence-electron chi connectivity index (χ0n) is 13.4. The van der Waals surface area contributed by atoms with Crippen molar-refractivity contribution in [2.75, 3.05) is 28.5 Å². The Labute approximate surface area is 143 Å². The van der Waals surface area contributed by atoms with E-state index in [1.54, 1.807) is 18.2 Å². The van der Waals surface area contributed by atoms with Crippen molar-refractivity contribution in [3.63, 3.8) is 0 Å². The minimum atomic E-state index is -2.26. The predicted molar refractivity (Wildman–Crippen MR) is 95.0 cm³/mol. The number of hydrogen-bond acceptors (Lipinski definition) is 5. The molecule has 0 saturated heterocycles. The second-order valence-corrected chi connectivity index (χ2v) is 6.65. The summed E-state index contributed by atoms with van der Waals surface area (Å²) in [5.74, 6) is 0. The molecule has 1 aromatic carbocycles. The molecule has 134 valence electrons. The third-order valence-electron chi connectivity index (χ3n) is 4.02. The molecule has 1 aromatic rings. The maximum atomic E-state index is 11.5. The van der Waals surface area contributed by atoms with E-state index in [1.807, 2.05) is 0 Å². The molecule has 1 aliphatic carbocycles. The monoisotopic (exact) mass is 356 g/mol. The molecule has 0 bridgehead atoms. The SMILES string of the molecule is NC(=O)OCCN(c1ccc(NC2CCCCC2)c(N)c1)S(=O)O. The van der Waals surface area contributed by atoms with E-state index in [0.29, 0.717) is 17.4 Å². The molecule has 9 heteroatoms. The first kappa shape index (κ1) is 18.3. The number of ether oxygens (including phenoxy) is 1. The minimum absolute atomic E-state index is 0.0287. The van der Waals surface area contributed by atoms with Gasteiger partial charge in [-0.05, 0) is 31.0 Å². The number of carbonyl (C=O) groups excluding carboxylic acids is 1. The molecule has 0 radical (unpaired) electrons. The molecule has 1 atom stereocenters. The highest BCUT2D eigenvalue weighted by Gasteiger charge is 2.17. The Bertz CT molecular complexity index is 593. The van der Waals surface area contributed by atoms with E-state index in [0.717, 1.165) is 18.5 Å². The molecule has 2 rings (SSSR count). The van der Waals surface area contributed by atoms with Gasteiger partial charge >= 0.3 is 6.09 Å². The van der Waals surface area contributed by atoms with Gasteiger partial charge in [-0.15, -0.1) is 0 Å². The molecule has 0 aromatic heterocycles. The van der Waals surface area contributed by atoms with Gasteiger partial charge in [-0.3, -0.25) is 8.86 Å². The second kappa shape index (κ2) is 8.74. The lowest BCUT2D eigenvalue weighted by Gasteiger charge is -2.25. The molecule has 1 unspecified atom stereocenters. The molecular weight excluding hydrogens is 332 g/mol. The van der Waals surface area contributed by atoms with E-state index in [2.05, 4.69) is 10.1 Å². The average molecular weight is 356 g/mol. The summed E-state index contributed by atoms with van der Waals surface area (Å²) in [6.45, 7) is -0.0650. The molecular formula is C15H24N4O4S. The van der Waals surface area contributed by atoms with Gasteiger partial charge in [0.05, 0.1) is 23.6 Å². The zero-order chi connectivity index (χ0) is 17.5. The van der Waals surface area contributed by atoms with Crippen LogP contribution in [0.1, 0.15) is 32.1 Å². The van der Waals surface area contributed by atoms with E-state index in [-0.39, 0.29) is 13.2 Å². The van der Waals surface area contributed by atoms with Crippen LogP contribution in [0.25, 0.3) is 0 Å². The summed E-state index contributed by atoms with van der Waals surface area (Å²) in [5.41, 5.74) is 12.8. The first-order valence-electron chi connectivity index (χ1n) is 7.94. The quantitative estimate of drug-likeness (QED) is 0.437. The summed E-state index contributed by atoms with van der Waals surface area (Å²) >= 11 is -2.26. The van der Waals surface area contributed by atoms with Crippen molar-refractivity contribution in [1.29, 1.82) is 0 Å². The van der Waals surface area contributed by atoms with Crippen LogP contribution >= 0.6 is 0 Å². The zero-order valence-corrected chi connectivity index (χ0v) is 14.3. The van der Waals surface area contributed by atoms with Crippen molar-refractivity contribution in [1.82, 2.24) is 0 Å². The lowest BCUT2D eigenvalue weighted by molar-refractivity contribution is 0.160. The maximum absolute atomic E-state index is 11.5. The van der Waals surface area contributed by atoms with E-state index >= 15 is 0 Å². The van der Waals surface area contributed by atoms with Gasteiger partial charge in [0, 0.05) is 6.04 Å². The molecule has 0 spiro atoms. The summed E-state index contributed by atoms with van der Waals surface area (Å²) in [5, 5.41) is 3.43. The largest absolute Gasteiger partial charge is 0.448 e. The Hall–Kier alpha value is -2.00. The van der Waals surface area contributed by atoms with Gasteiger partial charge in [0.15, 0.2) is 0 Å². The van der Waals surface area contributed by atoms with Crippen LogP contribution in [0, 0.1) is 0 Å². The highest BCUT2D eigenvalue weighted by Crippen LogP contribution is 2.29. The number of benzene rings is 1. The Morgan fingerprint density at radius 3 is 2.67 bits per heavy atom. The van der Waals surface area contributed by atoms with Crippen LogP contribution in [0.5, 0.6) is 0 Å². The van der Waals surface area contributed by atoms with Crippen molar-refractivity contribution in [3.8, 4) is 0 Å². The van der Waals surface area contributed by atoms with Crippen LogP contribution in [-0.4, -0.2) is 34.0 Å². The fraction of sp³-hybridized carbons (Fsp3) is 0.533. The van der Waals surface area contributed by atoms with Crippen LogP contribution in [0.4, 0.5) is 21.9 Å². The first-order chi connectivity index (χ1) is 11.5. The van der Waals surface area contributed by atoms with Crippen LogP contribution in [0.3, 0.4) is 0 Å². The molecule has 1 saturated carbocycles. The molecule has 24 heavy (non-hydrogen) atoms. The van der Waals surface area contributed by atoms with Crippen LogP contribution in [-0.2, 0) is 16.0 Å². The summed E-state index contributed by atoms with van der Waals surface area (Å²) in [7, 11) is 0. The minimum Gasteiger partial charge on any atom is -0.448 e. The summed E-state index contributed by atoms with van der Waals surface area (Å²) < 4.78 is 26.7. The van der Waals surface area contributed by atoms with E-state index < -0.39 is 17.4 Å². The number of nitrogen functional groups attached to an aromatic ring is 1. The third kappa shape index (κ3) is 5.27. The van der Waals surface area contributed by atoms with Gasteiger partial charge in [-0.25, -0.2) is 9.00 Å². The summed E-state index contributed by atoms with van der Waals surface area (Å²) in [6.07, 6.45) is 5.03. The molecule has 0 aliphatic heterocycles. The lowest BCUT2D eigenvalue weighted by Crippen LogP contribution is -2.31. The molecule has 0 heterocycles. The molecule has 1 fully saturated rings. The van der Waals surface area contributed by atoms with Crippen molar-refractivity contribution >= 4 is 34.4 Å². The van der Waals surface area contributed by atoms with Crippen LogP contribution in [0.2, 0.25) is 0 Å². The molecule has 1 amide bonds. The first-order valence-corrected chi connectivity index (χ1v) is 9.00. The number of rotatable bonds is 7. The predicted octanol–water partition coefficient (Wildman–Crippen LogP) is 2.05. The van der Waals surface area contributed by atoms with E-state index in [4.69, 9.17) is 11.5 Å². The van der Waals surface area contributed by atoms with Crippen LogP contribution in [0.15, 0.2) is 18.2 Å².